The van der Waals surface area contributed by atoms with E-state index in [2.05, 4.69) is 28.0 Å². The maximum Gasteiger partial charge on any atom is 0.0663 e. The molecule has 0 aliphatic carbocycles. The van der Waals surface area contributed by atoms with E-state index < -0.39 is 0 Å². The van der Waals surface area contributed by atoms with Gasteiger partial charge >= 0.3 is 0 Å². The quantitative estimate of drug-likeness (QED) is 0.902. The largest absolute Gasteiger partial charge is 0.327 e. The molecule has 0 spiro atoms. The molecule has 1 heterocycles. The first-order valence-corrected chi connectivity index (χ1v) is 7.47. The minimum atomic E-state index is 0.164. The molecule has 1 atom stereocenters. The number of hydrogen-bond acceptors (Lipinski definition) is 2. The smallest absolute Gasteiger partial charge is 0.0663 e. The van der Waals surface area contributed by atoms with Crippen LogP contribution in [-0.4, -0.2) is 15.8 Å². The van der Waals surface area contributed by atoms with Crippen molar-refractivity contribution in [1.29, 1.82) is 0 Å². The lowest BCUT2D eigenvalue weighted by Gasteiger charge is -2.12. The molecular formula is C14H17BrClN3. The number of nitrogens with two attached hydrogens (primary N) is 1. The Morgan fingerprint density at radius 1 is 1.37 bits per heavy atom. The predicted octanol–water partition coefficient (Wildman–Crippen LogP) is 3.63. The summed E-state index contributed by atoms with van der Waals surface area (Å²) in [5.74, 6) is 0. The molecule has 0 saturated heterocycles. The molecular weight excluding hydrogens is 326 g/mol. The van der Waals surface area contributed by atoms with Crippen LogP contribution in [0.4, 0.5) is 0 Å². The fourth-order valence-corrected chi connectivity index (χ4v) is 2.47. The number of nitrogens with zero attached hydrogens (tertiary/aromatic N) is 2. The van der Waals surface area contributed by atoms with Crippen LogP contribution in [0.3, 0.4) is 0 Å². The standard InChI is InChI=1S/C14H17BrClN3/c1-2-12(17)7-14-13(15)8-18-19(14)9-10-3-5-11(16)6-4-10/h3-6,8,12H,2,7,9,17H2,1H3. The molecule has 102 valence electrons. The molecule has 0 aliphatic rings. The van der Waals surface area contributed by atoms with E-state index in [9.17, 15) is 0 Å². The lowest BCUT2D eigenvalue weighted by atomic mass is 10.1. The van der Waals surface area contributed by atoms with Crippen LogP contribution in [0.25, 0.3) is 0 Å². The molecule has 1 aromatic carbocycles. The fourth-order valence-electron chi connectivity index (χ4n) is 1.88. The predicted molar refractivity (Wildman–Crippen MR) is 82.5 cm³/mol. The van der Waals surface area contributed by atoms with Crippen LogP contribution in [0.2, 0.25) is 5.02 Å². The Balaban J connectivity index is 2.18. The molecule has 0 saturated carbocycles. The summed E-state index contributed by atoms with van der Waals surface area (Å²) in [7, 11) is 0. The van der Waals surface area contributed by atoms with Crippen LogP contribution >= 0.6 is 27.5 Å². The number of benzene rings is 1. The summed E-state index contributed by atoms with van der Waals surface area (Å²) in [4.78, 5) is 0. The average Bonchev–Trinajstić information content (AvgIpc) is 2.74. The number of hydrogen-bond donors (Lipinski definition) is 1. The van der Waals surface area contributed by atoms with Crippen molar-refractivity contribution < 1.29 is 0 Å². The summed E-state index contributed by atoms with van der Waals surface area (Å²) >= 11 is 9.43. The highest BCUT2D eigenvalue weighted by molar-refractivity contribution is 9.10. The molecule has 2 aromatic rings. The normalized spacial score (nSPS) is 12.6. The molecule has 5 heteroatoms. The molecule has 1 aromatic heterocycles. The minimum Gasteiger partial charge on any atom is -0.327 e. The molecule has 0 fully saturated rings. The molecule has 3 nitrogen and oxygen atoms in total. The van der Waals surface area contributed by atoms with Crippen LogP contribution in [0.1, 0.15) is 24.6 Å². The second-order valence-corrected chi connectivity index (χ2v) is 5.89. The van der Waals surface area contributed by atoms with E-state index in [-0.39, 0.29) is 6.04 Å². The van der Waals surface area contributed by atoms with Gasteiger partial charge in [-0.1, -0.05) is 30.7 Å². The fraction of sp³-hybridized carbons (Fsp3) is 0.357. The maximum absolute atomic E-state index is 6.04. The Labute approximate surface area is 126 Å². The van der Waals surface area contributed by atoms with E-state index in [1.807, 2.05) is 35.1 Å². The number of aromatic nitrogens is 2. The molecule has 0 radical (unpaired) electrons. The van der Waals surface area contributed by atoms with E-state index in [1.54, 1.807) is 0 Å². The van der Waals surface area contributed by atoms with Gasteiger partial charge in [0.25, 0.3) is 0 Å². The van der Waals surface area contributed by atoms with Gasteiger partial charge in [-0.2, -0.15) is 5.10 Å². The third-order valence-electron chi connectivity index (χ3n) is 3.12. The van der Waals surface area contributed by atoms with E-state index >= 15 is 0 Å². The number of halogens is 2. The van der Waals surface area contributed by atoms with Crippen molar-refractivity contribution in [1.82, 2.24) is 9.78 Å². The van der Waals surface area contributed by atoms with E-state index in [0.29, 0.717) is 0 Å². The van der Waals surface area contributed by atoms with Gasteiger partial charge in [-0.05, 0) is 40.0 Å². The van der Waals surface area contributed by atoms with E-state index in [4.69, 9.17) is 17.3 Å². The second kappa shape index (κ2) is 6.55. The van der Waals surface area contributed by atoms with Crippen LogP contribution in [0, 0.1) is 0 Å². The molecule has 2 rings (SSSR count). The molecule has 2 N–H and O–H groups in total. The third-order valence-corrected chi connectivity index (χ3v) is 4.04. The zero-order valence-electron chi connectivity index (χ0n) is 10.8. The number of rotatable bonds is 5. The monoisotopic (exact) mass is 341 g/mol. The Kier molecular flexibility index (Phi) is 5.02. The Bertz CT molecular complexity index is 536. The lowest BCUT2D eigenvalue weighted by Crippen LogP contribution is -2.23. The van der Waals surface area contributed by atoms with Crippen molar-refractivity contribution in [2.24, 2.45) is 5.73 Å². The second-order valence-electron chi connectivity index (χ2n) is 4.60. The van der Waals surface area contributed by atoms with Crippen molar-refractivity contribution in [2.75, 3.05) is 0 Å². The van der Waals surface area contributed by atoms with Gasteiger partial charge in [-0.25, -0.2) is 0 Å². The van der Waals surface area contributed by atoms with Crippen LogP contribution in [-0.2, 0) is 13.0 Å². The molecule has 1 unspecified atom stereocenters. The van der Waals surface area contributed by atoms with Gasteiger partial charge in [0.1, 0.15) is 0 Å². The highest BCUT2D eigenvalue weighted by Gasteiger charge is 2.12. The Morgan fingerprint density at radius 3 is 2.68 bits per heavy atom. The van der Waals surface area contributed by atoms with Gasteiger partial charge in [0.2, 0.25) is 0 Å². The Morgan fingerprint density at radius 2 is 2.05 bits per heavy atom. The summed E-state index contributed by atoms with van der Waals surface area (Å²) in [5, 5.41) is 5.15. The van der Waals surface area contributed by atoms with Crippen molar-refractivity contribution in [2.45, 2.75) is 32.4 Å². The summed E-state index contributed by atoms with van der Waals surface area (Å²) < 4.78 is 3.01. The van der Waals surface area contributed by atoms with Crippen molar-refractivity contribution in [3.8, 4) is 0 Å². The lowest BCUT2D eigenvalue weighted by molar-refractivity contribution is 0.579. The highest BCUT2D eigenvalue weighted by atomic mass is 79.9. The maximum atomic E-state index is 6.04. The van der Waals surface area contributed by atoms with Gasteiger partial charge in [-0.3, -0.25) is 4.68 Å². The minimum absolute atomic E-state index is 0.164. The summed E-state index contributed by atoms with van der Waals surface area (Å²) in [5.41, 5.74) is 8.35. The van der Waals surface area contributed by atoms with E-state index in [1.165, 1.54) is 5.56 Å². The topological polar surface area (TPSA) is 43.8 Å². The highest BCUT2D eigenvalue weighted by Crippen LogP contribution is 2.19. The van der Waals surface area contributed by atoms with Gasteiger partial charge in [0.05, 0.1) is 22.9 Å². The van der Waals surface area contributed by atoms with Crippen LogP contribution in [0.5, 0.6) is 0 Å². The van der Waals surface area contributed by atoms with Crippen molar-refractivity contribution in [3.63, 3.8) is 0 Å². The summed E-state index contributed by atoms with van der Waals surface area (Å²) in [6, 6.07) is 7.99. The van der Waals surface area contributed by atoms with Crippen molar-refractivity contribution >= 4 is 27.5 Å². The van der Waals surface area contributed by atoms with Gasteiger partial charge in [0.15, 0.2) is 0 Å². The van der Waals surface area contributed by atoms with Gasteiger partial charge < -0.3 is 5.73 Å². The zero-order chi connectivity index (χ0) is 13.8. The van der Waals surface area contributed by atoms with Crippen LogP contribution < -0.4 is 5.73 Å². The SMILES string of the molecule is CCC(N)Cc1c(Br)cnn1Cc1ccc(Cl)cc1. The summed E-state index contributed by atoms with van der Waals surface area (Å²) in [6.07, 6.45) is 3.61. The molecule has 0 bridgehead atoms. The van der Waals surface area contributed by atoms with E-state index in [0.717, 1.165) is 34.6 Å². The summed E-state index contributed by atoms with van der Waals surface area (Å²) in [6.45, 7) is 2.83. The first-order valence-electron chi connectivity index (χ1n) is 6.30. The van der Waals surface area contributed by atoms with Gasteiger partial charge in [-0.15, -0.1) is 0 Å². The first kappa shape index (κ1) is 14.6. The van der Waals surface area contributed by atoms with Crippen molar-refractivity contribution in [3.05, 3.63) is 51.2 Å². The molecule has 0 aliphatic heterocycles. The average molecular weight is 343 g/mol. The first-order chi connectivity index (χ1) is 9.10. The zero-order valence-corrected chi connectivity index (χ0v) is 13.2. The van der Waals surface area contributed by atoms with Gasteiger partial charge in [0, 0.05) is 17.5 Å². The molecule has 19 heavy (non-hydrogen) atoms. The van der Waals surface area contributed by atoms with Crippen LogP contribution in [0.15, 0.2) is 34.9 Å². The third kappa shape index (κ3) is 3.81. The molecule has 0 amide bonds. The Hall–Kier alpha value is -0.840.